The average Bonchev–Trinajstić information content (AvgIpc) is 3.25. The quantitative estimate of drug-likeness (QED) is 0.861. The van der Waals surface area contributed by atoms with Crippen LogP contribution in [0.3, 0.4) is 0 Å². The summed E-state index contributed by atoms with van der Waals surface area (Å²) in [6, 6.07) is 0.189. The van der Waals surface area contributed by atoms with Crippen molar-refractivity contribution >= 4 is 5.82 Å². The fourth-order valence-corrected chi connectivity index (χ4v) is 3.43. The van der Waals surface area contributed by atoms with Crippen LogP contribution in [0.25, 0.3) is 0 Å². The Hall–Kier alpha value is -1.98. The number of hydrogen-bond donors (Lipinski definition) is 0. The smallest absolute Gasteiger partial charge is 0.226 e. The number of anilines is 1. The molecule has 0 spiro atoms. The highest BCUT2D eigenvalue weighted by atomic mass is 16.5. The van der Waals surface area contributed by atoms with Gasteiger partial charge in [0.1, 0.15) is 12.1 Å². The van der Waals surface area contributed by atoms with Gasteiger partial charge in [-0.1, -0.05) is 12.1 Å². The summed E-state index contributed by atoms with van der Waals surface area (Å²) in [6.07, 6.45) is 8.01. The number of hydrogen-bond acceptors (Lipinski definition) is 6. The van der Waals surface area contributed by atoms with Crippen LogP contribution in [0.5, 0.6) is 0 Å². The van der Waals surface area contributed by atoms with Crippen LogP contribution in [0.15, 0.2) is 10.9 Å². The molecule has 1 aliphatic heterocycles. The molecule has 6 nitrogen and oxygen atoms in total. The molecule has 21 heavy (non-hydrogen) atoms. The molecule has 0 N–H and O–H groups in total. The van der Waals surface area contributed by atoms with Gasteiger partial charge in [0.15, 0.2) is 5.82 Å². The molecular formula is C15H19N5O. The molecule has 0 saturated carbocycles. The summed E-state index contributed by atoms with van der Waals surface area (Å²) in [5.41, 5.74) is 2.54. The number of rotatable bonds is 3. The van der Waals surface area contributed by atoms with E-state index in [1.54, 1.807) is 6.33 Å². The Morgan fingerprint density at radius 3 is 3.10 bits per heavy atom. The van der Waals surface area contributed by atoms with Gasteiger partial charge in [0.25, 0.3) is 0 Å². The van der Waals surface area contributed by atoms with E-state index in [9.17, 15) is 0 Å². The van der Waals surface area contributed by atoms with Crippen molar-refractivity contribution in [2.24, 2.45) is 0 Å². The normalized spacial score (nSPS) is 21.0. The average molecular weight is 285 g/mol. The van der Waals surface area contributed by atoms with E-state index in [4.69, 9.17) is 4.52 Å². The molecule has 6 heteroatoms. The van der Waals surface area contributed by atoms with E-state index in [0.717, 1.165) is 50.3 Å². The van der Waals surface area contributed by atoms with Gasteiger partial charge in [0, 0.05) is 24.2 Å². The first-order chi connectivity index (χ1) is 10.4. The van der Waals surface area contributed by atoms with Crippen LogP contribution in [-0.4, -0.2) is 26.7 Å². The SMILES string of the molecule is CCc1nc([C@H]2CCCN2c2ncnc3c2CCC3)no1. The van der Waals surface area contributed by atoms with Gasteiger partial charge >= 0.3 is 0 Å². The van der Waals surface area contributed by atoms with Crippen molar-refractivity contribution in [3.05, 3.63) is 29.3 Å². The Morgan fingerprint density at radius 2 is 2.24 bits per heavy atom. The van der Waals surface area contributed by atoms with E-state index < -0.39 is 0 Å². The number of nitrogens with zero attached hydrogens (tertiary/aromatic N) is 5. The molecule has 110 valence electrons. The highest BCUT2D eigenvalue weighted by Gasteiger charge is 2.33. The van der Waals surface area contributed by atoms with Crippen LogP contribution in [0.1, 0.15) is 55.2 Å². The van der Waals surface area contributed by atoms with Crippen LogP contribution in [0, 0.1) is 0 Å². The first kappa shape index (κ1) is 12.7. The first-order valence-corrected chi connectivity index (χ1v) is 7.78. The number of aromatic nitrogens is 4. The molecular weight excluding hydrogens is 266 g/mol. The summed E-state index contributed by atoms with van der Waals surface area (Å²) in [5.74, 6) is 2.60. The van der Waals surface area contributed by atoms with E-state index in [2.05, 4.69) is 25.0 Å². The molecule has 1 saturated heterocycles. The van der Waals surface area contributed by atoms with Gasteiger partial charge in [-0.15, -0.1) is 0 Å². The molecule has 1 fully saturated rings. The van der Waals surface area contributed by atoms with Gasteiger partial charge in [-0.2, -0.15) is 4.98 Å². The van der Waals surface area contributed by atoms with E-state index in [1.165, 1.54) is 17.7 Å². The van der Waals surface area contributed by atoms with Crippen molar-refractivity contribution in [1.82, 2.24) is 20.1 Å². The van der Waals surface area contributed by atoms with Gasteiger partial charge in [0.05, 0.1) is 6.04 Å². The van der Waals surface area contributed by atoms with Crippen LogP contribution in [0.4, 0.5) is 5.82 Å². The number of aryl methyl sites for hydroxylation is 2. The molecule has 0 aromatic carbocycles. The summed E-state index contributed by atoms with van der Waals surface area (Å²) in [5, 5.41) is 4.17. The fourth-order valence-electron chi connectivity index (χ4n) is 3.43. The first-order valence-electron chi connectivity index (χ1n) is 7.78. The third kappa shape index (κ3) is 2.09. The maximum absolute atomic E-state index is 5.28. The Balaban J connectivity index is 1.69. The molecule has 0 radical (unpaired) electrons. The molecule has 2 aromatic rings. The minimum atomic E-state index is 0.189. The second-order valence-electron chi connectivity index (χ2n) is 5.73. The molecule has 0 unspecified atom stereocenters. The molecule has 2 aromatic heterocycles. The van der Waals surface area contributed by atoms with E-state index in [-0.39, 0.29) is 6.04 Å². The number of fused-ring (bicyclic) bond motifs is 1. The second kappa shape index (κ2) is 5.09. The molecule has 3 heterocycles. The molecule has 0 bridgehead atoms. The standard InChI is InChI=1S/C15H19N5O/c1-2-13-18-14(19-21-13)12-7-4-8-20(12)15-10-5-3-6-11(10)16-9-17-15/h9,12H,2-8H2,1H3/t12-/m1/s1. The van der Waals surface area contributed by atoms with E-state index in [0.29, 0.717) is 5.89 Å². The van der Waals surface area contributed by atoms with Gasteiger partial charge in [-0.3, -0.25) is 0 Å². The topological polar surface area (TPSA) is 67.9 Å². The summed E-state index contributed by atoms with van der Waals surface area (Å²) in [6.45, 7) is 3.03. The summed E-state index contributed by atoms with van der Waals surface area (Å²) in [7, 11) is 0. The Morgan fingerprint density at radius 1 is 1.29 bits per heavy atom. The molecule has 0 amide bonds. The zero-order chi connectivity index (χ0) is 14.2. The highest BCUT2D eigenvalue weighted by Crippen LogP contribution is 2.37. The Kier molecular flexibility index (Phi) is 3.09. The molecule has 2 aliphatic rings. The zero-order valence-electron chi connectivity index (χ0n) is 12.2. The van der Waals surface area contributed by atoms with Crippen LogP contribution >= 0.6 is 0 Å². The Labute approximate surface area is 123 Å². The van der Waals surface area contributed by atoms with Crippen molar-refractivity contribution in [1.29, 1.82) is 0 Å². The predicted molar refractivity (Wildman–Crippen MR) is 77.1 cm³/mol. The van der Waals surface area contributed by atoms with Gasteiger partial charge < -0.3 is 9.42 Å². The lowest BCUT2D eigenvalue weighted by Gasteiger charge is -2.25. The lowest BCUT2D eigenvalue weighted by atomic mass is 10.2. The van der Waals surface area contributed by atoms with Crippen molar-refractivity contribution in [2.75, 3.05) is 11.4 Å². The van der Waals surface area contributed by atoms with Crippen LogP contribution < -0.4 is 4.90 Å². The largest absolute Gasteiger partial charge is 0.346 e. The third-order valence-electron chi connectivity index (χ3n) is 4.46. The van der Waals surface area contributed by atoms with Crippen molar-refractivity contribution < 1.29 is 4.52 Å². The second-order valence-corrected chi connectivity index (χ2v) is 5.73. The molecule has 4 rings (SSSR count). The monoisotopic (exact) mass is 285 g/mol. The van der Waals surface area contributed by atoms with Crippen molar-refractivity contribution in [3.8, 4) is 0 Å². The lowest BCUT2D eigenvalue weighted by Crippen LogP contribution is -2.26. The summed E-state index contributed by atoms with van der Waals surface area (Å²) < 4.78 is 5.28. The minimum absolute atomic E-state index is 0.189. The third-order valence-corrected chi connectivity index (χ3v) is 4.46. The van der Waals surface area contributed by atoms with Crippen molar-refractivity contribution in [2.45, 2.75) is 51.5 Å². The minimum Gasteiger partial charge on any atom is -0.346 e. The Bertz CT molecular complexity index is 653. The maximum atomic E-state index is 5.28. The van der Waals surface area contributed by atoms with Gasteiger partial charge in [-0.05, 0) is 32.1 Å². The van der Waals surface area contributed by atoms with E-state index in [1.807, 2.05) is 6.92 Å². The predicted octanol–water partition coefficient (Wildman–Crippen LogP) is 2.25. The van der Waals surface area contributed by atoms with Crippen LogP contribution in [0.2, 0.25) is 0 Å². The summed E-state index contributed by atoms with van der Waals surface area (Å²) >= 11 is 0. The van der Waals surface area contributed by atoms with Crippen molar-refractivity contribution in [3.63, 3.8) is 0 Å². The molecule has 1 aliphatic carbocycles. The fraction of sp³-hybridized carbons (Fsp3) is 0.600. The molecule has 1 atom stereocenters. The van der Waals surface area contributed by atoms with Gasteiger partial charge in [0.2, 0.25) is 5.89 Å². The maximum Gasteiger partial charge on any atom is 0.226 e. The van der Waals surface area contributed by atoms with Gasteiger partial charge in [-0.25, -0.2) is 9.97 Å². The summed E-state index contributed by atoms with van der Waals surface area (Å²) in [4.78, 5) is 15.8. The van der Waals surface area contributed by atoms with Crippen LogP contribution in [-0.2, 0) is 19.3 Å². The highest BCUT2D eigenvalue weighted by molar-refractivity contribution is 5.52. The van der Waals surface area contributed by atoms with E-state index >= 15 is 0 Å². The lowest BCUT2D eigenvalue weighted by molar-refractivity contribution is 0.373. The zero-order valence-corrected chi connectivity index (χ0v) is 12.2.